The quantitative estimate of drug-likeness (QED) is 0.759. The molecule has 1 saturated heterocycles. The minimum absolute atomic E-state index is 0.0372. The van der Waals surface area contributed by atoms with Crippen LogP contribution in [-0.2, 0) is 0 Å². The minimum atomic E-state index is -0.0372. The summed E-state index contributed by atoms with van der Waals surface area (Å²) in [6.07, 6.45) is 4.86. The molecule has 3 aromatic rings. The molecule has 4 heterocycles. The molecule has 1 aliphatic rings. The number of amides is 1. The molecule has 0 saturated carbocycles. The van der Waals surface area contributed by atoms with Crippen molar-refractivity contribution in [2.24, 2.45) is 0 Å². The van der Waals surface area contributed by atoms with Gasteiger partial charge in [-0.3, -0.25) is 9.89 Å². The van der Waals surface area contributed by atoms with Gasteiger partial charge < -0.3 is 14.3 Å². The van der Waals surface area contributed by atoms with Crippen LogP contribution in [0.3, 0.4) is 0 Å². The third kappa shape index (κ3) is 2.46. The van der Waals surface area contributed by atoms with Crippen molar-refractivity contribution < 1.29 is 9.32 Å². The Morgan fingerprint density at radius 2 is 2.04 bits per heavy atom. The fourth-order valence-corrected chi connectivity index (χ4v) is 2.74. The molecule has 1 N–H and O–H groups in total. The lowest BCUT2D eigenvalue weighted by Gasteiger charge is -2.32. The zero-order valence-corrected chi connectivity index (χ0v) is 12.7. The van der Waals surface area contributed by atoms with E-state index < -0.39 is 0 Å². The van der Waals surface area contributed by atoms with Gasteiger partial charge in [-0.2, -0.15) is 5.10 Å². The van der Waals surface area contributed by atoms with E-state index in [1.165, 1.54) is 0 Å². The Hall–Kier alpha value is -2.74. The van der Waals surface area contributed by atoms with Crippen LogP contribution in [0.1, 0.15) is 10.5 Å². The van der Waals surface area contributed by atoms with E-state index in [2.05, 4.69) is 32.3 Å². The number of likely N-dealkylation sites (N-methyl/N-ethyl adjacent to an activating group) is 1. The van der Waals surface area contributed by atoms with Crippen molar-refractivity contribution in [3.8, 4) is 11.1 Å². The molecule has 23 heavy (non-hydrogen) atoms. The van der Waals surface area contributed by atoms with Gasteiger partial charge in [0, 0.05) is 43.5 Å². The monoisotopic (exact) mass is 312 g/mol. The third-order valence-corrected chi connectivity index (χ3v) is 4.18. The summed E-state index contributed by atoms with van der Waals surface area (Å²) in [5.74, 6) is -0.0372. The molecule has 0 spiro atoms. The second-order valence-corrected chi connectivity index (χ2v) is 5.70. The second-order valence-electron chi connectivity index (χ2n) is 5.70. The van der Waals surface area contributed by atoms with Crippen LogP contribution in [0, 0.1) is 0 Å². The number of pyridine rings is 1. The number of aromatic amines is 1. The SMILES string of the molecule is CN1CCN(C(=O)c2[nH]nc3ncc(-c4cnoc4)cc23)CC1. The first-order chi connectivity index (χ1) is 11.2. The zero-order chi connectivity index (χ0) is 15.8. The Bertz CT molecular complexity index is 833. The van der Waals surface area contributed by atoms with Gasteiger partial charge in [-0.05, 0) is 13.1 Å². The maximum atomic E-state index is 12.8. The largest absolute Gasteiger partial charge is 0.364 e. The van der Waals surface area contributed by atoms with E-state index in [4.69, 9.17) is 4.52 Å². The van der Waals surface area contributed by atoms with E-state index in [9.17, 15) is 4.79 Å². The van der Waals surface area contributed by atoms with Crippen molar-refractivity contribution in [3.05, 3.63) is 30.4 Å². The van der Waals surface area contributed by atoms with E-state index in [1.807, 2.05) is 11.0 Å². The average Bonchev–Trinajstić information content (AvgIpc) is 3.24. The fraction of sp³-hybridized carbons (Fsp3) is 0.333. The number of carbonyl (C=O) groups excluding carboxylic acids is 1. The number of aromatic nitrogens is 4. The summed E-state index contributed by atoms with van der Waals surface area (Å²) in [6, 6.07) is 1.89. The molecule has 8 heteroatoms. The Kier molecular flexibility index (Phi) is 3.30. The first-order valence-corrected chi connectivity index (χ1v) is 7.44. The van der Waals surface area contributed by atoms with E-state index >= 15 is 0 Å². The molecule has 1 aliphatic heterocycles. The number of piperazine rings is 1. The van der Waals surface area contributed by atoms with Crippen LogP contribution in [0.4, 0.5) is 0 Å². The minimum Gasteiger partial charge on any atom is -0.364 e. The fourth-order valence-electron chi connectivity index (χ4n) is 2.74. The first-order valence-electron chi connectivity index (χ1n) is 7.44. The summed E-state index contributed by atoms with van der Waals surface area (Å²) in [5, 5.41) is 11.4. The van der Waals surface area contributed by atoms with E-state index in [-0.39, 0.29) is 5.91 Å². The lowest BCUT2D eigenvalue weighted by molar-refractivity contribution is 0.0660. The Balaban J connectivity index is 1.69. The highest BCUT2D eigenvalue weighted by atomic mass is 16.5. The number of nitrogens with one attached hydrogen (secondary N) is 1. The molecular formula is C15H16N6O2. The highest BCUT2D eigenvalue weighted by molar-refractivity contribution is 6.04. The first kappa shape index (κ1) is 13.9. The van der Waals surface area contributed by atoms with E-state index in [0.717, 1.165) is 24.2 Å². The zero-order valence-electron chi connectivity index (χ0n) is 12.7. The molecule has 0 bridgehead atoms. The normalized spacial score (nSPS) is 16.1. The molecule has 0 radical (unpaired) electrons. The number of carbonyl (C=O) groups is 1. The summed E-state index contributed by atoms with van der Waals surface area (Å²) in [6.45, 7) is 3.19. The molecule has 8 nitrogen and oxygen atoms in total. The molecular weight excluding hydrogens is 296 g/mol. The topological polar surface area (TPSA) is 91.2 Å². The standard InChI is InChI=1S/C15H16N6O2/c1-20-2-4-21(5-3-20)15(22)13-12-6-10(11-8-17-23-9-11)7-16-14(12)19-18-13/h6-9H,2-5H2,1H3,(H,16,18,19). The summed E-state index contributed by atoms with van der Waals surface area (Å²) < 4.78 is 4.86. The van der Waals surface area contributed by atoms with Crippen molar-refractivity contribution in [1.82, 2.24) is 30.1 Å². The highest BCUT2D eigenvalue weighted by Gasteiger charge is 2.24. The van der Waals surface area contributed by atoms with Crippen LogP contribution in [0.25, 0.3) is 22.2 Å². The van der Waals surface area contributed by atoms with Gasteiger partial charge in [-0.1, -0.05) is 5.16 Å². The molecule has 118 valence electrons. The lowest BCUT2D eigenvalue weighted by atomic mass is 10.1. The molecule has 3 aromatic heterocycles. The summed E-state index contributed by atoms with van der Waals surface area (Å²) in [5.41, 5.74) is 2.67. The molecule has 0 aliphatic carbocycles. The Morgan fingerprint density at radius 3 is 2.78 bits per heavy atom. The van der Waals surface area contributed by atoms with Gasteiger partial charge in [0.25, 0.3) is 5.91 Å². The van der Waals surface area contributed by atoms with Crippen LogP contribution in [0.15, 0.2) is 29.2 Å². The van der Waals surface area contributed by atoms with Crippen molar-refractivity contribution >= 4 is 16.9 Å². The number of fused-ring (bicyclic) bond motifs is 1. The molecule has 4 rings (SSSR count). The number of hydrogen-bond acceptors (Lipinski definition) is 6. The van der Waals surface area contributed by atoms with Gasteiger partial charge in [0.15, 0.2) is 5.65 Å². The van der Waals surface area contributed by atoms with Crippen LogP contribution in [0.2, 0.25) is 0 Å². The number of hydrogen-bond donors (Lipinski definition) is 1. The number of rotatable bonds is 2. The van der Waals surface area contributed by atoms with Gasteiger partial charge in [0.1, 0.15) is 12.0 Å². The Morgan fingerprint density at radius 1 is 1.22 bits per heavy atom. The van der Waals surface area contributed by atoms with Crippen LogP contribution < -0.4 is 0 Å². The molecule has 1 amide bonds. The predicted octanol–water partition coefficient (Wildman–Crippen LogP) is 1.00. The number of H-pyrrole nitrogens is 1. The van der Waals surface area contributed by atoms with Gasteiger partial charge in [-0.25, -0.2) is 4.98 Å². The van der Waals surface area contributed by atoms with Crippen molar-refractivity contribution in [3.63, 3.8) is 0 Å². The smallest absolute Gasteiger partial charge is 0.272 e. The van der Waals surface area contributed by atoms with E-state index in [1.54, 1.807) is 18.7 Å². The van der Waals surface area contributed by atoms with Gasteiger partial charge >= 0.3 is 0 Å². The maximum Gasteiger partial charge on any atom is 0.272 e. The molecule has 1 fully saturated rings. The van der Waals surface area contributed by atoms with Crippen molar-refractivity contribution in [1.29, 1.82) is 0 Å². The summed E-state index contributed by atoms with van der Waals surface area (Å²) in [4.78, 5) is 21.1. The third-order valence-electron chi connectivity index (χ3n) is 4.18. The lowest BCUT2D eigenvalue weighted by Crippen LogP contribution is -2.47. The predicted molar refractivity (Wildman–Crippen MR) is 82.8 cm³/mol. The van der Waals surface area contributed by atoms with E-state index in [0.29, 0.717) is 29.8 Å². The summed E-state index contributed by atoms with van der Waals surface area (Å²) in [7, 11) is 2.06. The Labute approximate surface area is 132 Å². The highest BCUT2D eigenvalue weighted by Crippen LogP contribution is 2.24. The molecule has 0 aromatic carbocycles. The second kappa shape index (κ2) is 5.47. The van der Waals surface area contributed by atoms with Gasteiger partial charge in [0.05, 0.1) is 11.6 Å². The van der Waals surface area contributed by atoms with Gasteiger partial charge in [0.2, 0.25) is 0 Å². The maximum absolute atomic E-state index is 12.8. The molecule has 0 atom stereocenters. The van der Waals surface area contributed by atoms with Crippen molar-refractivity contribution in [2.75, 3.05) is 33.2 Å². The average molecular weight is 312 g/mol. The van der Waals surface area contributed by atoms with Crippen molar-refractivity contribution in [2.45, 2.75) is 0 Å². The van der Waals surface area contributed by atoms with Crippen LogP contribution in [0.5, 0.6) is 0 Å². The molecule has 0 unspecified atom stereocenters. The number of nitrogens with zero attached hydrogens (tertiary/aromatic N) is 5. The van der Waals surface area contributed by atoms with Crippen LogP contribution >= 0.6 is 0 Å². The summed E-state index contributed by atoms with van der Waals surface area (Å²) >= 11 is 0. The van der Waals surface area contributed by atoms with Crippen LogP contribution in [-0.4, -0.2) is 69.3 Å². The van der Waals surface area contributed by atoms with Gasteiger partial charge in [-0.15, -0.1) is 0 Å².